The number of methoxy groups -OCH3 is 1. The fourth-order valence-electron chi connectivity index (χ4n) is 12.3. The molecule has 5 saturated carbocycles. The summed E-state index contributed by atoms with van der Waals surface area (Å²) in [5.74, 6) is 0.342. The lowest BCUT2D eigenvalue weighted by Crippen LogP contribution is -2.62. The number of hydrogen-bond acceptors (Lipinski definition) is 10. The minimum atomic E-state index is -0.766. The molecule has 0 aromatic rings. The van der Waals surface area contributed by atoms with E-state index in [1.165, 1.54) is 6.42 Å². The molecule has 2 N–H and O–H groups in total. The lowest BCUT2D eigenvalue weighted by molar-refractivity contribution is -0.193. The standard InChI is InChI=1S/C47H81N3O8/c1-25(2)17-40(52)57-30(8)41-39(24-51)58-50(42(41)46(55)48-38-22-34-21-37(28(38)6)47(34,9)10)23-31-15-14-16-36(45(31)56-13)32-18-33(20-35(19-32)49(11)12)44(54)29(7)43(53)27(5)26(3)4/h25-39,41-42,45,51H,14-24H2,1-13H3,(H,48,55)/t27?,28-,29?,30-,31?,32?,33?,34+,35?,36?,37-,38-,39-,41+,42-,45?/m0/s1. The number of nitrogens with one attached hydrogen (secondary N) is 1. The van der Waals surface area contributed by atoms with E-state index in [0.717, 1.165) is 44.9 Å². The van der Waals surface area contributed by atoms with Gasteiger partial charge in [-0.25, -0.2) is 0 Å². The third-order valence-corrected chi connectivity index (χ3v) is 16.4. The quantitative estimate of drug-likeness (QED) is 0.122. The summed E-state index contributed by atoms with van der Waals surface area (Å²) in [5, 5.41) is 16.0. The summed E-state index contributed by atoms with van der Waals surface area (Å²) in [5.41, 5.74) is 0.277. The summed E-state index contributed by atoms with van der Waals surface area (Å²) in [6.07, 6.45) is 6.21. The van der Waals surface area contributed by atoms with E-state index in [2.05, 4.69) is 45.1 Å². The van der Waals surface area contributed by atoms with Crippen molar-refractivity contribution in [2.75, 3.05) is 34.4 Å². The number of rotatable bonds is 17. The van der Waals surface area contributed by atoms with Gasteiger partial charge in [0.05, 0.1) is 24.5 Å². The largest absolute Gasteiger partial charge is 0.462 e. The predicted molar refractivity (Wildman–Crippen MR) is 225 cm³/mol. The van der Waals surface area contributed by atoms with Gasteiger partial charge in [0.25, 0.3) is 0 Å². The van der Waals surface area contributed by atoms with Gasteiger partial charge in [-0.05, 0) is 120 Å². The molecular formula is C47H81N3O8. The Kier molecular flexibility index (Phi) is 15.8. The van der Waals surface area contributed by atoms with Gasteiger partial charge < -0.3 is 24.8 Å². The molecule has 6 aliphatic rings. The summed E-state index contributed by atoms with van der Waals surface area (Å²) >= 11 is 0. The lowest BCUT2D eigenvalue weighted by Gasteiger charge is -2.62. The number of hydroxylamine groups is 2. The minimum absolute atomic E-state index is 0.0271. The third kappa shape index (κ3) is 9.90. The highest BCUT2D eigenvalue weighted by atomic mass is 16.7. The fraction of sp³-hybridized carbons (Fsp3) is 0.915. The second kappa shape index (κ2) is 19.4. The van der Waals surface area contributed by atoms with E-state index < -0.39 is 30.1 Å². The van der Waals surface area contributed by atoms with Crippen LogP contribution in [0.2, 0.25) is 0 Å². The highest BCUT2D eigenvalue weighted by molar-refractivity contribution is 6.03. The fourth-order valence-corrected chi connectivity index (χ4v) is 12.3. The van der Waals surface area contributed by atoms with E-state index in [1.54, 1.807) is 12.2 Å². The SMILES string of the molecule is COC1C(CN2O[C@@H](CO)[C@@H]([C@H](C)OC(=O)CC(C)C)[C@H]2C(=O)N[C@H]2C[C@H]3C[C@@H]([C@@H]2C)C3(C)C)CCCC1C1CC(C(=O)C(C)C(=O)C(C)C(C)C)CC(N(C)C)C1. The molecule has 0 spiro atoms. The molecule has 6 fully saturated rings. The van der Waals surface area contributed by atoms with E-state index in [1.807, 2.05) is 48.5 Å². The number of esters is 1. The molecule has 1 heterocycles. The molecule has 0 aromatic heterocycles. The number of ether oxygens (including phenoxy) is 2. The lowest BCUT2D eigenvalue weighted by atomic mass is 9.45. The van der Waals surface area contributed by atoms with Gasteiger partial charge in [0.2, 0.25) is 5.91 Å². The van der Waals surface area contributed by atoms with E-state index in [9.17, 15) is 24.3 Å². The van der Waals surface area contributed by atoms with Crippen molar-refractivity contribution < 1.29 is 38.6 Å². The highest BCUT2D eigenvalue weighted by Crippen LogP contribution is 2.61. The molecule has 58 heavy (non-hydrogen) atoms. The topological polar surface area (TPSA) is 135 Å². The van der Waals surface area contributed by atoms with Crippen LogP contribution in [0, 0.1) is 76.4 Å². The first kappa shape index (κ1) is 47.1. The van der Waals surface area contributed by atoms with Crippen LogP contribution < -0.4 is 5.32 Å². The van der Waals surface area contributed by atoms with Crippen molar-refractivity contribution in [3.8, 4) is 0 Å². The molecule has 2 bridgehead atoms. The Labute approximate surface area is 350 Å². The summed E-state index contributed by atoms with van der Waals surface area (Å²) in [6, 6.07) is -0.504. The molecule has 1 saturated heterocycles. The van der Waals surface area contributed by atoms with Crippen LogP contribution >= 0.6 is 0 Å². The van der Waals surface area contributed by atoms with Crippen molar-refractivity contribution in [2.45, 2.75) is 163 Å². The van der Waals surface area contributed by atoms with E-state index >= 15 is 0 Å². The maximum atomic E-state index is 14.7. The summed E-state index contributed by atoms with van der Waals surface area (Å²) in [6.45, 7) is 20.7. The van der Waals surface area contributed by atoms with Crippen LogP contribution in [0.4, 0.5) is 0 Å². The predicted octanol–water partition coefficient (Wildman–Crippen LogP) is 6.59. The zero-order valence-corrected chi connectivity index (χ0v) is 38.4. The number of Topliss-reactive ketones (excluding diaryl/α,β-unsaturated/α-hetero) is 2. The molecule has 11 nitrogen and oxygen atoms in total. The molecule has 1 aliphatic heterocycles. The number of fused-ring (bicyclic) bond motifs is 2. The van der Waals surface area contributed by atoms with E-state index in [4.69, 9.17) is 14.3 Å². The van der Waals surface area contributed by atoms with Gasteiger partial charge in [-0.2, -0.15) is 5.06 Å². The maximum Gasteiger partial charge on any atom is 0.306 e. The third-order valence-electron chi connectivity index (χ3n) is 16.4. The molecule has 6 rings (SSSR count). The monoisotopic (exact) mass is 816 g/mol. The first-order valence-corrected chi connectivity index (χ1v) is 23.0. The molecule has 0 radical (unpaired) electrons. The van der Waals surface area contributed by atoms with Crippen LogP contribution in [0.15, 0.2) is 0 Å². The second-order valence-corrected chi connectivity index (χ2v) is 21.2. The Morgan fingerprint density at radius 3 is 2.22 bits per heavy atom. The number of aliphatic hydroxyl groups excluding tert-OH is 1. The average Bonchev–Trinajstić information content (AvgIpc) is 3.54. The normalized spacial score (nSPS) is 37.9. The molecule has 5 aliphatic carbocycles. The molecular weight excluding hydrogens is 735 g/mol. The van der Waals surface area contributed by atoms with Gasteiger partial charge in [0, 0.05) is 49.9 Å². The Bertz CT molecular complexity index is 1430. The first-order valence-electron chi connectivity index (χ1n) is 23.0. The molecule has 16 atom stereocenters. The maximum absolute atomic E-state index is 14.7. The number of carbonyl (C=O) groups is 4. The molecule has 1 amide bonds. The Morgan fingerprint density at radius 1 is 0.966 bits per heavy atom. The van der Waals surface area contributed by atoms with Crippen molar-refractivity contribution in [3.63, 3.8) is 0 Å². The van der Waals surface area contributed by atoms with E-state index in [0.29, 0.717) is 24.3 Å². The van der Waals surface area contributed by atoms with Gasteiger partial charge in [-0.15, -0.1) is 0 Å². The van der Waals surface area contributed by atoms with Gasteiger partial charge >= 0.3 is 5.97 Å². The smallest absolute Gasteiger partial charge is 0.306 e. The van der Waals surface area contributed by atoms with Crippen molar-refractivity contribution in [1.29, 1.82) is 0 Å². The number of nitrogens with zero attached hydrogens (tertiary/aromatic N) is 2. The van der Waals surface area contributed by atoms with Gasteiger partial charge in [-0.1, -0.05) is 61.8 Å². The summed E-state index contributed by atoms with van der Waals surface area (Å²) in [4.78, 5) is 64.0. The number of amides is 1. The molecule has 11 heteroatoms. The van der Waals surface area contributed by atoms with Crippen molar-refractivity contribution in [1.82, 2.24) is 15.3 Å². The number of aliphatic hydroxyl groups is 1. The van der Waals surface area contributed by atoms with Crippen LogP contribution in [-0.4, -0.2) is 109 Å². The summed E-state index contributed by atoms with van der Waals surface area (Å²) in [7, 11) is 5.95. The Hall–Kier alpha value is -1.92. The minimum Gasteiger partial charge on any atom is -0.462 e. The zero-order valence-electron chi connectivity index (χ0n) is 38.4. The van der Waals surface area contributed by atoms with Crippen LogP contribution in [0.5, 0.6) is 0 Å². The van der Waals surface area contributed by atoms with Crippen LogP contribution in [0.3, 0.4) is 0 Å². The summed E-state index contributed by atoms with van der Waals surface area (Å²) < 4.78 is 12.4. The number of carbonyl (C=O) groups excluding carboxylic acids is 4. The number of ketones is 2. The van der Waals surface area contributed by atoms with Gasteiger partial charge in [0.1, 0.15) is 29.8 Å². The first-order chi connectivity index (χ1) is 27.2. The van der Waals surface area contributed by atoms with E-state index in [-0.39, 0.29) is 101 Å². The molecule has 0 aromatic carbocycles. The Morgan fingerprint density at radius 2 is 1.66 bits per heavy atom. The average molecular weight is 816 g/mol. The highest BCUT2D eigenvalue weighted by Gasteiger charge is 2.58. The van der Waals surface area contributed by atoms with Crippen LogP contribution in [0.25, 0.3) is 0 Å². The molecule has 8 unspecified atom stereocenters. The molecule has 332 valence electrons. The Balaban J connectivity index is 1.38. The van der Waals surface area contributed by atoms with Crippen LogP contribution in [-0.2, 0) is 33.5 Å². The number of hydrogen-bond donors (Lipinski definition) is 2. The second-order valence-electron chi connectivity index (χ2n) is 21.2. The van der Waals surface area contributed by atoms with Gasteiger partial charge in [-0.3, -0.25) is 24.0 Å². The van der Waals surface area contributed by atoms with Gasteiger partial charge in [0.15, 0.2) is 0 Å². The van der Waals surface area contributed by atoms with Crippen LogP contribution in [0.1, 0.15) is 127 Å². The van der Waals surface area contributed by atoms with Crippen molar-refractivity contribution in [2.24, 2.45) is 76.4 Å². The van der Waals surface area contributed by atoms with Crippen molar-refractivity contribution in [3.05, 3.63) is 0 Å². The van der Waals surface area contributed by atoms with Crippen molar-refractivity contribution >= 4 is 23.4 Å². The zero-order chi connectivity index (χ0) is 43.0.